The number of hydrogen-bond donors (Lipinski definition) is 2. The van der Waals surface area contributed by atoms with Crippen LogP contribution in [0.15, 0.2) is 46.9 Å². The third kappa shape index (κ3) is 3.20. The predicted molar refractivity (Wildman–Crippen MR) is 85.6 cm³/mol. The Kier molecular flexibility index (Phi) is 4.45. The van der Waals surface area contributed by atoms with Crippen molar-refractivity contribution >= 4 is 27.5 Å². The van der Waals surface area contributed by atoms with Gasteiger partial charge < -0.3 is 11.1 Å². The van der Waals surface area contributed by atoms with E-state index in [1.54, 1.807) is 12.1 Å². The van der Waals surface area contributed by atoms with E-state index in [4.69, 9.17) is 5.73 Å². The molecule has 0 fully saturated rings. The van der Waals surface area contributed by atoms with Crippen molar-refractivity contribution in [3.05, 3.63) is 63.6 Å². The van der Waals surface area contributed by atoms with Crippen molar-refractivity contribution in [3.63, 3.8) is 0 Å². The number of rotatable bonds is 3. The first-order chi connectivity index (χ1) is 9.49. The Hall–Kier alpha value is -1.81. The number of aryl methyl sites for hydroxylation is 1. The first-order valence-corrected chi connectivity index (χ1v) is 7.19. The Bertz CT molecular complexity index is 640. The largest absolute Gasteiger partial charge is 0.398 e. The van der Waals surface area contributed by atoms with Gasteiger partial charge in [-0.15, -0.1) is 0 Å². The zero-order valence-corrected chi connectivity index (χ0v) is 13.1. The molecule has 3 N–H and O–H groups in total. The van der Waals surface area contributed by atoms with Gasteiger partial charge in [0.15, 0.2) is 0 Å². The molecule has 2 aromatic rings. The van der Waals surface area contributed by atoms with E-state index in [1.807, 2.05) is 44.2 Å². The Morgan fingerprint density at radius 1 is 1.25 bits per heavy atom. The molecule has 0 bridgehead atoms. The number of halogens is 1. The molecule has 0 saturated heterocycles. The van der Waals surface area contributed by atoms with Crippen molar-refractivity contribution in [2.75, 3.05) is 5.73 Å². The molecule has 0 spiro atoms. The van der Waals surface area contributed by atoms with Gasteiger partial charge in [0.1, 0.15) is 0 Å². The van der Waals surface area contributed by atoms with Gasteiger partial charge in [-0.2, -0.15) is 0 Å². The number of carbonyl (C=O) groups excluding carboxylic acids is 1. The second kappa shape index (κ2) is 6.09. The smallest absolute Gasteiger partial charge is 0.253 e. The van der Waals surface area contributed by atoms with E-state index in [0.29, 0.717) is 11.3 Å². The lowest BCUT2D eigenvalue weighted by atomic mass is 10.0. The van der Waals surface area contributed by atoms with Crippen molar-refractivity contribution < 1.29 is 4.79 Å². The van der Waals surface area contributed by atoms with Crippen LogP contribution in [0, 0.1) is 6.92 Å². The van der Waals surface area contributed by atoms with Gasteiger partial charge in [-0.1, -0.05) is 40.2 Å². The summed E-state index contributed by atoms with van der Waals surface area (Å²) in [5.41, 5.74) is 9.07. The highest BCUT2D eigenvalue weighted by atomic mass is 79.9. The van der Waals surface area contributed by atoms with Crippen LogP contribution in [-0.4, -0.2) is 5.91 Å². The van der Waals surface area contributed by atoms with Crippen LogP contribution in [-0.2, 0) is 0 Å². The summed E-state index contributed by atoms with van der Waals surface area (Å²) in [6.45, 7) is 4.00. The van der Waals surface area contributed by atoms with Gasteiger partial charge in [-0.05, 0) is 43.2 Å². The third-order valence-corrected chi connectivity index (χ3v) is 3.76. The minimum atomic E-state index is -0.167. The Labute approximate surface area is 127 Å². The van der Waals surface area contributed by atoms with E-state index in [9.17, 15) is 4.79 Å². The molecule has 20 heavy (non-hydrogen) atoms. The standard InChI is InChI=1S/C16H17BrN2O/c1-10-5-3-4-6-13(10)11(2)19-16(20)14-9-12(17)7-8-15(14)18/h3-9,11H,18H2,1-2H3,(H,19,20)/t11-/m0/s1. The number of nitrogens with two attached hydrogens (primary N) is 1. The topological polar surface area (TPSA) is 55.1 Å². The van der Waals surface area contributed by atoms with Crippen LogP contribution in [0.25, 0.3) is 0 Å². The molecular weight excluding hydrogens is 316 g/mol. The van der Waals surface area contributed by atoms with E-state index in [1.165, 1.54) is 0 Å². The van der Waals surface area contributed by atoms with Crippen LogP contribution in [0.2, 0.25) is 0 Å². The average Bonchev–Trinajstić information content (AvgIpc) is 2.41. The van der Waals surface area contributed by atoms with Crippen LogP contribution < -0.4 is 11.1 Å². The molecule has 0 aliphatic carbocycles. The van der Waals surface area contributed by atoms with Crippen LogP contribution >= 0.6 is 15.9 Å². The lowest BCUT2D eigenvalue weighted by molar-refractivity contribution is 0.0940. The average molecular weight is 333 g/mol. The zero-order valence-electron chi connectivity index (χ0n) is 11.5. The van der Waals surface area contributed by atoms with E-state index >= 15 is 0 Å². The molecule has 1 atom stereocenters. The molecule has 0 saturated carbocycles. The summed E-state index contributed by atoms with van der Waals surface area (Å²) in [5.74, 6) is -0.167. The van der Waals surface area contributed by atoms with Crippen LogP contribution in [0.5, 0.6) is 0 Å². The Morgan fingerprint density at radius 2 is 1.95 bits per heavy atom. The van der Waals surface area contributed by atoms with E-state index in [0.717, 1.165) is 15.6 Å². The maximum Gasteiger partial charge on any atom is 0.253 e. The van der Waals surface area contributed by atoms with Gasteiger partial charge in [-0.25, -0.2) is 0 Å². The Morgan fingerprint density at radius 3 is 2.65 bits per heavy atom. The highest BCUT2D eigenvalue weighted by Crippen LogP contribution is 2.21. The van der Waals surface area contributed by atoms with Crippen LogP contribution in [0.1, 0.15) is 34.5 Å². The zero-order chi connectivity index (χ0) is 14.7. The van der Waals surface area contributed by atoms with Crippen LogP contribution in [0.4, 0.5) is 5.69 Å². The predicted octanol–water partition coefficient (Wildman–Crippen LogP) is 3.83. The fourth-order valence-electron chi connectivity index (χ4n) is 2.15. The lowest BCUT2D eigenvalue weighted by Crippen LogP contribution is -2.27. The molecule has 4 heteroatoms. The normalized spacial score (nSPS) is 11.9. The highest BCUT2D eigenvalue weighted by Gasteiger charge is 2.15. The number of benzene rings is 2. The van der Waals surface area contributed by atoms with Gasteiger partial charge in [0.05, 0.1) is 11.6 Å². The minimum absolute atomic E-state index is 0.0675. The molecule has 1 amide bonds. The molecule has 0 aromatic heterocycles. The number of hydrogen-bond acceptors (Lipinski definition) is 2. The van der Waals surface area contributed by atoms with E-state index in [2.05, 4.69) is 21.2 Å². The van der Waals surface area contributed by atoms with Crippen molar-refractivity contribution in [2.24, 2.45) is 0 Å². The molecule has 0 unspecified atom stereocenters. The van der Waals surface area contributed by atoms with Crippen molar-refractivity contribution in [1.82, 2.24) is 5.32 Å². The second-order valence-corrected chi connectivity index (χ2v) is 5.70. The molecule has 2 aromatic carbocycles. The van der Waals surface area contributed by atoms with Crippen molar-refractivity contribution in [1.29, 1.82) is 0 Å². The number of nitrogens with one attached hydrogen (secondary N) is 1. The number of anilines is 1. The molecule has 0 radical (unpaired) electrons. The monoisotopic (exact) mass is 332 g/mol. The number of carbonyl (C=O) groups is 1. The molecular formula is C16H17BrN2O. The molecule has 0 aliphatic rings. The second-order valence-electron chi connectivity index (χ2n) is 4.78. The van der Waals surface area contributed by atoms with E-state index in [-0.39, 0.29) is 11.9 Å². The third-order valence-electron chi connectivity index (χ3n) is 3.26. The summed E-state index contributed by atoms with van der Waals surface area (Å²) in [6.07, 6.45) is 0. The van der Waals surface area contributed by atoms with Crippen molar-refractivity contribution in [3.8, 4) is 0 Å². The summed E-state index contributed by atoms with van der Waals surface area (Å²) in [7, 11) is 0. The first kappa shape index (κ1) is 14.6. The summed E-state index contributed by atoms with van der Waals surface area (Å²) in [6, 6.07) is 13.2. The number of amides is 1. The first-order valence-electron chi connectivity index (χ1n) is 6.40. The quantitative estimate of drug-likeness (QED) is 0.839. The SMILES string of the molecule is Cc1ccccc1[C@H](C)NC(=O)c1cc(Br)ccc1N. The lowest BCUT2D eigenvalue weighted by Gasteiger charge is -2.17. The molecule has 0 heterocycles. The van der Waals surface area contributed by atoms with Gasteiger partial charge in [0.25, 0.3) is 5.91 Å². The molecule has 104 valence electrons. The van der Waals surface area contributed by atoms with Gasteiger partial charge in [-0.3, -0.25) is 4.79 Å². The van der Waals surface area contributed by atoms with Crippen molar-refractivity contribution in [2.45, 2.75) is 19.9 Å². The maximum atomic E-state index is 12.3. The maximum absolute atomic E-state index is 12.3. The fraction of sp³-hybridized carbons (Fsp3) is 0.188. The molecule has 0 aliphatic heterocycles. The number of nitrogen functional groups attached to an aromatic ring is 1. The summed E-state index contributed by atoms with van der Waals surface area (Å²) in [4.78, 5) is 12.3. The van der Waals surface area contributed by atoms with Crippen LogP contribution in [0.3, 0.4) is 0 Å². The summed E-state index contributed by atoms with van der Waals surface area (Å²) < 4.78 is 0.834. The van der Waals surface area contributed by atoms with Gasteiger partial charge >= 0.3 is 0 Å². The summed E-state index contributed by atoms with van der Waals surface area (Å²) in [5, 5.41) is 2.98. The summed E-state index contributed by atoms with van der Waals surface area (Å²) >= 11 is 3.35. The highest BCUT2D eigenvalue weighted by molar-refractivity contribution is 9.10. The van der Waals surface area contributed by atoms with Gasteiger partial charge in [0.2, 0.25) is 0 Å². The van der Waals surface area contributed by atoms with Gasteiger partial charge in [0, 0.05) is 10.2 Å². The molecule has 3 nitrogen and oxygen atoms in total. The minimum Gasteiger partial charge on any atom is -0.398 e. The Balaban J connectivity index is 2.20. The fourth-order valence-corrected chi connectivity index (χ4v) is 2.51. The van der Waals surface area contributed by atoms with E-state index < -0.39 is 0 Å². The molecule has 2 rings (SSSR count).